The van der Waals surface area contributed by atoms with Gasteiger partial charge in [-0.05, 0) is 24.3 Å². The maximum Gasteiger partial charge on any atom is 0.251 e. The van der Waals surface area contributed by atoms with Crippen molar-refractivity contribution in [1.29, 1.82) is 0 Å². The number of hydrogen-bond acceptors (Lipinski definition) is 5. The maximum absolute atomic E-state index is 12.8. The van der Waals surface area contributed by atoms with Crippen LogP contribution in [0.5, 0.6) is 0 Å². The molecule has 1 atom stereocenters. The smallest absolute Gasteiger partial charge is 0.251 e. The van der Waals surface area contributed by atoms with E-state index in [9.17, 15) is 9.59 Å². The summed E-state index contributed by atoms with van der Waals surface area (Å²) in [6.07, 6.45) is 2.05. The minimum atomic E-state index is -0.349. The summed E-state index contributed by atoms with van der Waals surface area (Å²) in [6, 6.07) is 14.7. The van der Waals surface area contributed by atoms with Gasteiger partial charge in [0.05, 0.1) is 18.2 Å². The van der Waals surface area contributed by atoms with Gasteiger partial charge in [-0.1, -0.05) is 24.3 Å². The van der Waals surface area contributed by atoms with Gasteiger partial charge in [-0.25, -0.2) is 9.88 Å². The predicted octanol–water partition coefficient (Wildman–Crippen LogP) is 1.54. The van der Waals surface area contributed by atoms with Gasteiger partial charge < -0.3 is 4.90 Å². The van der Waals surface area contributed by atoms with Gasteiger partial charge >= 0.3 is 0 Å². The molecule has 2 fully saturated rings. The van der Waals surface area contributed by atoms with Crippen molar-refractivity contribution in [3.63, 3.8) is 0 Å². The van der Waals surface area contributed by atoms with E-state index >= 15 is 0 Å². The molecule has 0 aliphatic carbocycles. The van der Waals surface area contributed by atoms with Crippen molar-refractivity contribution in [2.75, 3.05) is 36.0 Å². The summed E-state index contributed by atoms with van der Waals surface area (Å²) in [6.45, 7) is 3.12. The van der Waals surface area contributed by atoms with E-state index in [1.54, 1.807) is 18.3 Å². The molecule has 6 nitrogen and oxygen atoms in total. The Morgan fingerprint density at radius 2 is 1.60 bits per heavy atom. The van der Waals surface area contributed by atoms with Crippen LogP contribution in [0.2, 0.25) is 0 Å². The van der Waals surface area contributed by atoms with Crippen LogP contribution in [0.3, 0.4) is 0 Å². The molecule has 0 bridgehead atoms. The first kappa shape index (κ1) is 15.8. The minimum absolute atomic E-state index is 0.109. The summed E-state index contributed by atoms with van der Waals surface area (Å²) < 4.78 is 0. The van der Waals surface area contributed by atoms with Crippen molar-refractivity contribution in [3.05, 3.63) is 54.7 Å². The lowest BCUT2D eigenvalue weighted by Gasteiger charge is -2.37. The van der Waals surface area contributed by atoms with E-state index in [0.717, 1.165) is 32.0 Å². The fourth-order valence-corrected chi connectivity index (χ4v) is 3.55. The number of imide groups is 1. The molecule has 1 aromatic heterocycles. The average Bonchev–Trinajstić information content (AvgIpc) is 2.97. The van der Waals surface area contributed by atoms with Crippen molar-refractivity contribution in [2.45, 2.75) is 12.5 Å². The third-order valence-electron chi connectivity index (χ3n) is 4.87. The van der Waals surface area contributed by atoms with Crippen LogP contribution in [0, 0.1) is 0 Å². The highest BCUT2D eigenvalue weighted by atomic mass is 16.2. The number of rotatable bonds is 3. The fourth-order valence-electron chi connectivity index (χ4n) is 3.55. The van der Waals surface area contributed by atoms with Crippen LogP contribution >= 0.6 is 0 Å². The second kappa shape index (κ2) is 6.64. The van der Waals surface area contributed by atoms with Crippen molar-refractivity contribution >= 4 is 23.3 Å². The molecule has 0 N–H and O–H groups in total. The number of benzene rings is 1. The molecule has 0 spiro atoms. The maximum atomic E-state index is 12.8. The highest BCUT2D eigenvalue weighted by molar-refractivity contribution is 6.22. The van der Waals surface area contributed by atoms with Crippen molar-refractivity contribution < 1.29 is 9.59 Å². The van der Waals surface area contributed by atoms with Crippen LogP contribution < -0.4 is 9.80 Å². The Hall–Kier alpha value is -2.73. The number of amides is 2. The normalized spacial score (nSPS) is 21.8. The van der Waals surface area contributed by atoms with Gasteiger partial charge in [-0.3, -0.25) is 14.5 Å². The van der Waals surface area contributed by atoms with Gasteiger partial charge in [-0.2, -0.15) is 0 Å². The Bertz CT molecular complexity index is 758. The second-order valence-electron chi connectivity index (χ2n) is 6.33. The molecule has 1 aromatic carbocycles. The predicted molar refractivity (Wildman–Crippen MR) is 95.4 cm³/mol. The third-order valence-corrected chi connectivity index (χ3v) is 4.87. The molecule has 2 aliphatic heterocycles. The van der Waals surface area contributed by atoms with Crippen LogP contribution in [-0.2, 0) is 9.59 Å². The zero-order valence-corrected chi connectivity index (χ0v) is 13.9. The van der Waals surface area contributed by atoms with Crippen LogP contribution in [0.15, 0.2) is 54.7 Å². The van der Waals surface area contributed by atoms with Gasteiger partial charge in [0.2, 0.25) is 5.91 Å². The van der Waals surface area contributed by atoms with E-state index in [4.69, 9.17) is 0 Å². The molecule has 2 aromatic rings. The number of carbonyl (C=O) groups is 2. The fraction of sp³-hybridized carbons (Fsp3) is 0.316. The van der Waals surface area contributed by atoms with Crippen molar-refractivity contribution in [2.24, 2.45) is 0 Å². The largest absolute Gasteiger partial charge is 0.354 e. The molecular formula is C19H20N4O2. The molecule has 128 valence electrons. The van der Waals surface area contributed by atoms with Gasteiger partial charge in [0.1, 0.15) is 5.82 Å². The summed E-state index contributed by atoms with van der Waals surface area (Å²) >= 11 is 0. The summed E-state index contributed by atoms with van der Waals surface area (Å²) in [5, 5.41) is 0. The highest BCUT2D eigenvalue weighted by Gasteiger charge is 2.43. The molecule has 25 heavy (non-hydrogen) atoms. The van der Waals surface area contributed by atoms with Crippen LogP contribution in [0.1, 0.15) is 6.42 Å². The lowest BCUT2D eigenvalue weighted by molar-refractivity contribution is -0.123. The van der Waals surface area contributed by atoms with Crippen LogP contribution in [0.4, 0.5) is 11.5 Å². The standard InChI is InChI=1S/C19H20N4O2/c24-18-14-16(19(25)23(18)15-6-2-1-3-7-15)21-10-12-22(13-11-21)17-8-4-5-9-20-17/h1-9,16H,10-14H2/t16-/m0/s1. The van der Waals surface area contributed by atoms with Crippen LogP contribution in [0.25, 0.3) is 0 Å². The molecule has 0 unspecified atom stereocenters. The van der Waals surface area contributed by atoms with Gasteiger partial charge in [-0.15, -0.1) is 0 Å². The number of aromatic nitrogens is 1. The molecule has 2 aliphatic rings. The Kier molecular flexibility index (Phi) is 4.19. The van der Waals surface area contributed by atoms with Crippen molar-refractivity contribution in [3.8, 4) is 0 Å². The zero-order chi connectivity index (χ0) is 17.2. The Balaban J connectivity index is 1.44. The molecule has 3 heterocycles. The number of para-hydroxylation sites is 1. The quantitative estimate of drug-likeness (QED) is 0.796. The number of hydrogen-bond donors (Lipinski definition) is 0. The summed E-state index contributed by atoms with van der Waals surface area (Å²) in [7, 11) is 0. The van der Waals surface area contributed by atoms with Gasteiger partial charge in [0, 0.05) is 32.4 Å². The molecule has 4 rings (SSSR count). The number of nitrogens with zero attached hydrogens (tertiary/aromatic N) is 4. The molecular weight excluding hydrogens is 316 g/mol. The molecule has 0 saturated carbocycles. The molecule has 2 saturated heterocycles. The first-order valence-corrected chi connectivity index (χ1v) is 8.56. The second-order valence-corrected chi connectivity index (χ2v) is 6.33. The van der Waals surface area contributed by atoms with Gasteiger partial charge in [0.15, 0.2) is 0 Å². The van der Waals surface area contributed by atoms with E-state index in [0.29, 0.717) is 5.69 Å². The molecule has 2 amide bonds. The average molecular weight is 336 g/mol. The number of pyridine rings is 1. The summed E-state index contributed by atoms with van der Waals surface area (Å²) in [4.78, 5) is 35.2. The summed E-state index contributed by atoms with van der Waals surface area (Å²) in [5.74, 6) is 0.734. The van der Waals surface area contributed by atoms with Gasteiger partial charge in [0.25, 0.3) is 5.91 Å². The Morgan fingerprint density at radius 1 is 0.880 bits per heavy atom. The monoisotopic (exact) mass is 336 g/mol. The zero-order valence-electron chi connectivity index (χ0n) is 13.9. The minimum Gasteiger partial charge on any atom is -0.354 e. The number of anilines is 2. The lowest BCUT2D eigenvalue weighted by Crippen LogP contribution is -2.52. The molecule has 6 heteroatoms. The Labute approximate surface area is 146 Å². The van der Waals surface area contributed by atoms with E-state index in [1.165, 1.54) is 4.90 Å². The van der Waals surface area contributed by atoms with Crippen LogP contribution in [-0.4, -0.2) is 53.9 Å². The number of carbonyl (C=O) groups excluding carboxylic acids is 2. The third kappa shape index (κ3) is 3.00. The van der Waals surface area contributed by atoms with E-state index in [-0.39, 0.29) is 24.3 Å². The van der Waals surface area contributed by atoms with Crippen molar-refractivity contribution in [1.82, 2.24) is 9.88 Å². The highest BCUT2D eigenvalue weighted by Crippen LogP contribution is 2.26. The Morgan fingerprint density at radius 3 is 2.28 bits per heavy atom. The van der Waals surface area contributed by atoms with E-state index in [1.807, 2.05) is 36.4 Å². The number of piperazine rings is 1. The topological polar surface area (TPSA) is 56.8 Å². The van der Waals surface area contributed by atoms with E-state index in [2.05, 4.69) is 14.8 Å². The SMILES string of the molecule is O=C1C[C@H](N2CCN(c3ccccn3)CC2)C(=O)N1c1ccccc1. The first-order valence-electron chi connectivity index (χ1n) is 8.56. The summed E-state index contributed by atoms with van der Waals surface area (Å²) in [5.41, 5.74) is 0.659. The molecule has 0 radical (unpaired) electrons. The lowest BCUT2D eigenvalue weighted by atomic mass is 10.1. The van der Waals surface area contributed by atoms with E-state index < -0.39 is 0 Å². The first-order chi connectivity index (χ1) is 12.2.